The predicted octanol–water partition coefficient (Wildman–Crippen LogP) is 2.46. The van der Waals surface area contributed by atoms with Gasteiger partial charge < -0.3 is 19.9 Å². The van der Waals surface area contributed by atoms with Crippen LogP contribution in [0.2, 0.25) is 0 Å². The summed E-state index contributed by atoms with van der Waals surface area (Å²) in [5.74, 6) is -1.24. The van der Waals surface area contributed by atoms with Crippen molar-refractivity contribution in [2.45, 2.75) is 31.9 Å². The van der Waals surface area contributed by atoms with Crippen LogP contribution >= 0.6 is 0 Å². The number of aliphatic hydroxyl groups is 1. The molecule has 4 rings (SSSR count). The average Bonchev–Trinajstić information content (AvgIpc) is 3.40. The normalized spacial score (nSPS) is 18.2. The minimum Gasteiger partial charge on any atom is -0.391 e. The van der Waals surface area contributed by atoms with E-state index in [1.807, 2.05) is 29.8 Å². The molecule has 8 heteroatoms. The third-order valence-corrected chi connectivity index (χ3v) is 5.45. The second kappa shape index (κ2) is 8.69. The van der Waals surface area contributed by atoms with E-state index < -0.39 is 23.9 Å². The van der Waals surface area contributed by atoms with Crippen LogP contribution in [0.5, 0.6) is 0 Å². The molecule has 0 bridgehead atoms. The SMILES string of the molecule is Cc1cc(NC(=O)C2CC(O)CN2C(=O)Cc2ccccc2F)ccc1-n1ccnc1. The third-order valence-electron chi connectivity index (χ3n) is 5.45. The Morgan fingerprint density at radius 2 is 2.06 bits per heavy atom. The van der Waals surface area contributed by atoms with Gasteiger partial charge in [-0.1, -0.05) is 18.2 Å². The first-order valence-corrected chi connectivity index (χ1v) is 10.0. The lowest BCUT2D eigenvalue weighted by atomic mass is 10.1. The minimum absolute atomic E-state index is 0.0456. The van der Waals surface area contributed by atoms with Crippen LogP contribution in [-0.2, 0) is 16.0 Å². The number of nitrogens with zero attached hydrogens (tertiary/aromatic N) is 3. The van der Waals surface area contributed by atoms with Crippen LogP contribution in [0.15, 0.2) is 61.2 Å². The fourth-order valence-corrected chi connectivity index (χ4v) is 3.89. The molecule has 2 amide bonds. The molecule has 2 N–H and O–H groups in total. The third kappa shape index (κ3) is 4.49. The van der Waals surface area contributed by atoms with Crippen LogP contribution in [0.1, 0.15) is 17.5 Å². The quantitative estimate of drug-likeness (QED) is 0.661. The number of benzene rings is 2. The molecular weight excluding hydrogens is 399 g/mol. The highest BCUT2D eigenvalue weighted by molar-refractivity contribution is 5.98. The lowest BCUT2D eigenvalue weighted by molar-refractivity contribution is -0.136. The van der Waals surface area contributed by atoms with E-state index in [0.29, 0.717) is 5.69 Å². The van der Waals surface area contributed by atoms with Crippen molar-refractivity contribution in [2.24, 2.45) is 0 Å². The fourth-order valence-electron chi connectivity index (χ4n) is 3.89. The zero-order valence-electron chi connectivity index (χ0n) is 17.0. The zero-order chi connectivity index (χ0) is 22.0. The number of hydrogen-bond acceptors (Lipinski definition) is 4. The molecule has 0 aliphatic carbocycles. The standard InChI is InChI=1S/C23H23FN4O3/c1-15-10-17(6-7-20(15)27-9-8-25-14-27)26-23(31)21-12-18(29)13-28(21)22(30)11-16-4-2-3-5-19(16)24/h2-10,14,18,21,29H,11-13H2,1H3,(H,26,31). The molecule has 0 saturated carbocycles. The van der Waals surface area contributed by atoms with E-state index in [1.165, 1.54) is 11.0 Å². The molecule has 3 aromatic rings. The number of halogens is 1. The number of nitrogens with one attached hydrogen (secondary N) is 1. The summed E-state index contributed by atoms with van der Waals surface area (Å²) in [5, 5.41) is 12.9. The van der Waals surface area contributed by atoms with Gasteiger partial charge in [0, 0.05) is 36.7 Å². The van der Waals surface area contributed by atoms with Gasteiger partial charge in [-0.3, -0.25) is 9.59 Å². The molecule has 160 valence electrons. The summed E-state index contributed by atoms with van der Waals surface area (Å²) in [7, 11) is 0. The van der Waals surface area contributed by atoms with Crippen LogP contribution in [-0.4, -0.2) is 50.1 Å². The summed E-state index contributed by atoms with van der Waals surface area (Å²) in [6.45, 7) is 1.97. The van der Waals surface area contributed by atoms with Crippen molar-refractivity contribution in [2.75, 3.05) is 11.9 Å². The Morgan fingerprint density at radius 3 is 2.77 bits per heavy atom. The number of imidazole rings is 1. The molecule has 1 saturated heterocycles. The summed E-state index contributed by atoms with van der Waals surface area (Å²) in [6, 6.07) is 10.7. The second-order valence-electron chi connectivity index (χ2n) is 7.68. The summed E-state index contributed by atoms with van der Waals surface area (Å²) >= 11 is 0. The van der Waals surface area contributed by atoms with E-state index in [2.05, 4.69) is 10.3 Å². The van der Waals surface area contributed by atoms with Crippen molar-refractivity contribution in [3.05, 3.63) is 78.1 Å². The molecule has 7 nitrogen and oxygen atoms in total. The van der Waals surface area contributed by atoms with Gasteiger partial charge in [-0.25, -0.2) is 9.37 Å². The molecule has 2 unspecified atom stereocenters. The number of rotatable bonds is 5. The molecule has 1 aromatic heterocycles. The van der Waals surface area contributed by atoms with Crippen LogP contribution in [0.3, 0.4) is 0 Å². The van der Waals surface area contributed by atoms with Crippen molar-refractivity contribution in [1.82, 2.24) is 14.5 Å². The summed E-state index contributed by atoms with van der Waals surface area (Å²) < 4.78 is 15.8. The zero-order valence-corrected chi connectivity index (χ0v) is 17.0. The van der Waals surface area contributed by atoms with Gasteiger partial charge in [-0.05, 0) is 42.3 Å². The predicted molar refractivity (Wildman–Crippen MR) is 113 cm³/mol. The van der Waals surface area contributed by atoms with E-state index in [9.17, 15) is 19.1 Å². The first-order valence-electron chi connectivity index (χ1n) is 10.0. The number of anilines is 1. The molecule has 1 aliphatic rings. The van der Waals surface area contributed by atoms with Crippen LogP contribution in [0, 0.1) is 12.7 Å². The maximum atomic E-state index is 13.9. The van der Waals surface area contributed by atoms with E-state index >= 15 is 0 Å². The number of carbonyl (C=O) groups is 2. The van der Waals surface area contributed by atoms with Crippen molar-refractivity contribution in [1.29, 1.82) is 0 Å². The van der Waals surface area contributed by atoms with Crippen molar-refractivity contribution >= 4 is 17.5 Å². The number of hydrogen-bond donors (Lipinski definition) is 2. The molecule has 2 atom stereocenters. The smallest absolute Gasteiger partial charge is 0.247 e. The van der Waals surface area contributed by atoms with Gasteiger partial charge in [0.05, 0.1) is 18.9 Å². The fraction of sp³-hybridized carbons (Fsp3) is 0.261. The number of aryl methyl sites for hydroxylation is 1. The van der Waals surface area contributed by atoms with E-state index in [4.69, 9.17) is 0 Å². The summed E-state index contributed by atoms with van der Waals surface area (Å²) in [4.78, 5) is 31.1. The van der Waals surface area contributed by atoms with Crippen LogP contribution < -0.4 is 5.32 Å². The van der Waals surface area contributed by atoms with Crippen molar-refractivity contribution in [3.8, 4) is 5.69 Å². The Hall–Kier alpha value is -3.52. The highest BCUT2D eigenvalue weighted by Crippen LogP contribution is 2.23. The van der Waals surface area contributed by atoms with Gasteiger partial charge in [0.15, 0.2) is 0 Å². The number of likely N-dealkylation sites (tertiary alicyclic amines) is 1. The van der Waals surface area contributed by atoms with Gasteiger partial charge in [0.1, 0.15) is 11.9 Å². The highest BCUT2D eigenvalue weighted by atomic mass is 19.1. The molecule has 0 spiro atoms. The van der Waals surface area contributed by atoms with Gasteiger partial charge in [0.2, 0.25) is 11.8 Å². The van der Waals surface area contributed by atoms with Gasteiger partial charge in [0.25, 0.3) is 0 Å². The maximum Gasteiger partial charge on any atom is 0.247 e. The van der Waals surface area contributed by atoms with Gasteiger partial charge in [-0.2, -0.15) is 0 Å². The van der Waals surface area contributed by atoms with E-state index in [1.54, 1.807) is 36.8 Å². The summed E-state index contributed by atoms with van der Waals surface area (Å²) in [5.41, 5.74) is 2.73. The largest absolute Gasteiger partial charge is 0.391 e. The Morgan fingerprint density at radius 1 is 1.26 bits per heavy atom. The lowest BCUT2D eigenvalue weighted by Gasteiger charge is -2.24. The molecular formula is C23H23FN4O3. The topological polar surface area (TPSA) is 87.5 Å². The Bertz CT molecular complexity index is 1100. The number of carbonyl (C=O) groups excluding carboxylic acids is 2. The monoisotopic (exact) mass is 422 g/mol. The number of amides is 2. The van der Waals surface area contributed by atoms with E-state index in [-0.39, 0.29) is 30.9 Å². The Balaban J connectivity index is 1.47. The number of β-amino-alcohol motifs (C(OH)–C–C–N with tert-alkyl or cyclic N) is 1. The minimum atomic E-state index is -0.817. The van der Waals surface area contributed by atoms with Crippen molar-refractivity contribution in [3.63, 3.8) is 0 Å². The highest BCUT2D eigenvalue weighted by Gasteiger charge is 2.38. The van der Waals surface area contributed by atoms with Gasteiger partial charge >= 0.3 is 0 Å². The number of aromatic nitrogens is 2. The first-order chi connectivity index (χ1) is 14.9. The molecule has 31 heavy (non-hydrogen) atoms. The maximum absolute atomic E-state index is 13.9. The molecule has 1 aliphatic heterocycles. The first kappa shape index (κ1) is 20.7. The molecule has 2 heterocycles. The van der Waals surface area contributed by atoms with E-state index in [0.717, 1.165) is 11.3 Å². The second-order valence-corrected chi connectivity index (χ2v) is 7.68. The van der Waals surface area contributed by atoms with Crippen molar-refractivity contribution < 1.29 is 19.1 Å². The van der Waals surface area contributed by atoms with Crippen LogP contribution in [0.4, 0.5) is 10.1 Å². The molecule has 1 fully saturated rings. The molecule has 2 aromatic carbocycles. The molecule has 0 radical (unpaired) electrons. The average molecular weight is 422 g/mol. The Kier molecular flexibility index (Phi) is 5.81. The van der Waals surface area contributed by atoms with Gasteiger partial charge in [-0.15, -0.1) is 0 Å². The summed E-state index contributed by atoms with van der Waals surface area (Å²) in [6.07, 6.45) is 4.39. The Labute approximate surface area is 179 Å². The lowest BCUT2D eigenvalue weighted by Crippen LogP contribution is -2.44. The number of aliphatic hydroxyl groups excluding tert-OH is 1. The van der Waals surface area contributed by atoms with Crippen LogP contribution in [0.25, 0.3) is 5.69 Å².